The van der Waals surface area contributed by atoms with E-state index in [0.717, 1.165) is 25.1 Å². The summed E-state index contributed by atoms with van der Waals surface area (Å²) in [6.45, 7) is 5.13. The van der Waals surface area contributed by atoms with Gasteiger partial charge in [0.25, 0.3) is 0 Å². The molecule has 1 rings (SSSR count). The van der Waals surface area contributed by atoms with E-state index in [1.54, 1.807) is 6.92 Å². The van der Waals surface area contributed by atoms with Crippen molar-refractivity contribution >= 4 is 11.6 Å². The maximum absolute atomic E-state index is 11.3. The third-order valence-electron chi connectivity index (χ3n) is 2.99. The highest BCUT2D eigenvalue weighted by Crippen LogP contribution is 2.16. The smallest absolute Gasteiger partial charge is 0.239 e. The first-order chi connectivity index (χ1) is 8.47. The Morgan fingerprint density at radius 1 is 1.33 bits per heavy atom. The lowest BCUT2D eigenvalue weighted by Crippen LogP contribution is -2.57. The van der Waals surface area contributed by atoms with Crippen LogP contribution in [0, 0.1) is 0 Å². The molecule has 4 heteroatoms. The average Bonchev–Trinajstić information content (AvgIpc) is 2.35. The van der Waals surface area contributed by atoms with Gasteiger partial charge in [-0.25, -0.2) is 0 Å². The Morgan fingerprint density at radius 3 is 2.44 bits per heavy atom. The molecular weight excluding hydrogens is 226 g/mol. The molecule has 0 radical (unpaired) electrons. The van der Waals surface area contributed by atoms with E-state index in [1.165, 1.54) is 0 Å². The minimum Gasteiger partial charge on any atom is -0.369 e. The third-order valence-corrected chi connectivity index (χ3v) is 2.99. The standard InChI is InChI=1S/C14H23N3O/c1-3-4-10-17(11-14(2,16)13(15)18)12-8-6-5-7-9-12/h5-9H,3-4,10-11,16H2,1-2H3,(H2,15,18). The molecule has 4 nitrogen and oxygen atoms in total. The molecule has 18 heavy (non-hydrogen) atoms. The number of nitrogens with zero attached hydrogens (tertiary/aromatic N) is 1. The number of carbonyl (C=O) groups excluding carboxylic acids is 1. The summed E-state index contributed by atoms with van der Waals surface area (Å²) in [6, 6.07) is 9.97. The zero-order chi connectivity index (χ0) is 13.6. The predicted molar refractivity (Wildman–Crippen MR) is 75.3 cm³/mol. The van der Waals surface area contributed by atoms with Gasteiger partial charge in [0.2, 0.25) is 5.91 Å². The molecule has 0 heterocycles. The van der Waals surface area contributed by atoms with E-state index in [4.69, 9.17) is 11.5 Å². The molecule has 0 spiro atoms. The largest absolute Gasteiger partial charge is 0.369 e. The Balaban J connectivity index is 2.83. The fraction of sp³-hybridized carbons (Fsp3) is 0.500. The van der Waals surface area contributed by atoms with Crippen molar-refractivity contribution in [3.63, 3.8) is 0 Å². The number of hydrogen-bond acceptors (Lipinski definition) is 3. The Hall–Kier alpha value is -1.55. The van der Waals surface area contributed by atoms with Gasteiger partial charge in [-0.15, -0.1) is 0 Å². The third kappa shape index (κ3) is 4.04. The zero-order valence-corrected chi connectivity index (χ0v) is 11.2. The second kappa shape index (κ2) is 6.40. The summed E-state index contributed by atoms with van der Waals surface area (Å²) in [5, 5.41) is 0. The van der Waals surface area contributed by atoms with Gasteiger partial charge in [0.15, 0.2) is 0 Å². The lowest BCUT2D eigenvalue weighted by molar-refractivity contribution is -0.122. The molecule has 0 aromatic heterocycles. The van der Waals surface area contributed by atoms with Crippen LogP contribution < -0.4 is 16.4 Å². The van der Waals surface area contributed by atoms with Crippen LogP contribution in [-0.4, -0.2) is 24.5 Å². The van der Waals surface area contributed by atoms with Crippen LogP contribution in [-0.2, 0) is 4.79 Å². The zero-order valence-electron chi connectivity index (χ0n) is 11.2. The topological polar surface area (TPSA) is 72.3 Å². The maximum Gasteiger partial charge on any atom is 0.239 e. The van der Waals surface area contributed by atoms with Crippen LogP contribution in [0.5, 0.6) is 0 Å². The van der Waals surface area contributed by atoms with Gasteiger partial charge in [0, 0.05) is 18.8 Å². The van der Waals surface area contributed by atoms with E-state index >= 15 is 0 Å². The SMILES string of the molecule is CCCCN(CC(C)(N)C(N)=O)c1ccccc1. The van der Waals surface area contributed by atoms with E-state index in [1.807, 2.05) is 30.3 Å². The highest BCUT2D eigenvalue weighted by Gasteiger charge is 2.28. The molecule has 0 saturated heterocycles. The van der Waals surface area contributed by atoms with Crippen LogP contribution in [0.25, 0.3) is 0 Å². The molecule has 0 bridgehead atoms. The number of rotatable bonds is 7. The van der Waals surface area contributed by atoms with Crippen LogP contribution in [0.1, 0.15) is 26.7 Å². The van der Waals surface area contributed by atoms with Crippen molar-refractivity contribution in [1.82, 2.24) is 0 Å². The molecule has 0 saturated carbocycles. The first-order valence-electron chi connectivity index (χ1n) is 6.36. The summed E-state index contributed by atoms with van der Waals surface area (Å²) >= 11 is 0. The number of carbonyl (C=O) groups is 1. The number of anilines is 1. The highest BCUT2D eigenvalue weighted by atomic mass is 16.1. The Labute approximate surface area is 109 Å². The highest BCUT2D eigenvalue weighted by molar-refractivity contribution is 5.84. The molecule has 0 aliphatic heterocycles. The minimum absolute atomic E-state index is 0.437. The van der Waals surface area contributed by atoms with Crippen molar-refractivity contribution in [2.24, 2.45) is 11.5 Å². The van der Waals surface area contributed by atoms with Crippen LogP contribution in [0.3, 0.4) is 0 Å². The molecule has 4 N–H and O–H groups in total. The lowest BCUT2D eigenvalue weighted by Gasteiger charge is -2.32. The molecular formula is C14H23N3O. The molecule has 0 aliphatic rings. The van der Waals surface area contributed by atoms with Crippen molar-refractivity contribution in [3.8, 4) is 0 Å². The normalized spacial score (nSPS) is 13.9. The van der Waals surface area contributed by atoms with Crippen LogP contribution in [0.2, 0.25) is 0 Å². The van der Waals surface area contributed by atoms with Gasteiger partial charge in [0.05, 0.1) is 0 Å². The van der Waals surface area contributed by atoms with E-state index in [2.05, 4.69) is 11.8 Å². The van der Waals surface area contributed by atoms with Crippen molar-refractivity contribution < 1.29 is 4.79 Å². The molecule has 100 valence electrons. The van der Waals surface area contributed by atoms with E-state index in [-0.39, 0.29) is 0 Å². The van der Waals surface area contributed by atoms with Gasteiger partial charge in [0.1, 0.15) is 5.54 Å². The predicted octanol–water partition coefficient (Wildman–Crippen LogP) is 1.50. The van der Waals surface area contributed by atoms with Gasteiger partial charge in [-0.3, -0.25) is 4.79 Å². The number of benzene rings is 1. The van der Waals surface area contributed by atoms with E-state index < -0.39 is 11.4 Å². The lowest BCUT2D eigenvalue weighted by atomic mass is 10.0. The number of nitrogens with two attached hydrogens (primary N) is 2. The van der Waals surface area contributed by atoms with E-state index in [9.17, 15) is 4.79 Å². The van der Waals surface area contributed by atoms with Crippen LogP contribution in [0.4, 0.5) is 5.69 Å². The van der Waals surface area contributed by atoms with Crippen LogP contribution in [0.15, 0.2) is 30.3 Å². The first kappa shape index (κ1) is 14.5. The second-order valence-corrected chi connectivity index (χ2v) is 4.89. The monoisotopic (exact) mass is 249 g/mol. The maximum atomic E-state index is 11.3. The molecule has 0 aliphatic carbocycles. The van der Waals surface area contributed by atoms with Gasteiger partial charge in [-0.05, 0) is 25.5 Å². The van der Waals surface area contributed by atoms with Gasteiger partial charge < -0.3 is 16.4 Å². The van der Waals surface area contributed by atoms with Crippen molar-refractivity contribution in [1.29, 1.82) is 0 Å². The van der Waals surface area contributed by atoms with Gasteiger partial charge >= 0.3 is 0 Å². The molecule has 1 unspecified atom stereocenters. The fourth-order valence-corrected chi connectivity index (χ4v) is 1.76. The average molecular weight is 249 g/mol. The first-order valence-corrected chi connectivity index (χ1v) is 6.36. The van der Waals surface area contributed by atoms with Crippen molar-refractivity contribution in [3.05, 3.63) is 30.3 Å². The molecule has 1 aromatic carbocycles. The molecule has 1 atom stereocenters. The van der Waals surface area contributed by atoms with Crippen molar-refractivity contribution in [2.75, 3.05) is 18.0 Å². The summed E-state index contributed by atoms with van der Waals surface area (Å²) < 4.78 is 0. The summed E-state index contributed by atoms with van der Waals surface area (Å²) in [7, 11) is 0. The number of para-hydroxylation sites is 1. The number of primary amides is 1. The van der Waals surface area contributed by atoms with Crippen LogP contribution >= 0.6 is 0 Å². The summed E-state index contributed by atoms with van der Waals surface area (Å²) in [5.74, 6) is -0.472. The number of hydrogen-bond donors (Lipinski definition) is 2. The quantitative estimate of drug-likeness (QED) is 0.769. The number of unbranched alkanes of at least 4 members (excludes halogenated alkanes) is 1. The Kier molecular flexibility index (Phi) is 5.16. The second-order valence-electron chi connectivity index (χ2n) is 4.89. The summed E-state index contributed by atoms with van der Waals surface area (Å²) in [6.07, 6.45) is 2.16. The molecule has 0 fully saturated rings. The number of amides is 1. The minimum atomic E-state index is -1.01. The summed E-state index contributed by atoms with van der Waals surface area (Å²) in [5.41, 5.74) is 11.4. The molecule has 1 amide bonds. The van der Waals surface area contributed by atoms with E-state index in [0.29, 0.717) is 6.54 Å². The Bertz CT molecular complexity index is 376. The molecule has 1 aromatic rings. The Morgan fingerprint density at radius 2 is 1.94 bits per heavy atom. The van der Waals surface area contributed by atoms with Gasteiger partial charge in [-0.1, -0.05) is 31.5 Å². The van der Waals surface area contributed by atoms with Crippen molar-refractivity contribution in [2.45, 2.75) is 32.2 Å². The fourth-order valence-electron chi connectivity index (χ4n) is 1.76. The van der Waals surface area contributed by atoms with Gasteiger partial charge in [-0.2, -0.15) is 0 Å². The summed E-state index contributed by atoms with van der Waals surface area (Å²) in [4.78, 5) is 13.5.